The van der Waals surface area contributed by atoms with E-state index in [0.717, 1.165) is 0 Å². The first-order chi connectivity index (χ1) is 6.09. The van der Waals surface area contributed by atoms with E-state index in [2.05, 4.69) is 0 Å². The fourth-order valence-electron chi connectivity index (χ4n) is 0.991. The Hall–Kier alpha value is -0.650. The zero-order chi connectivity index (χ0) is 9.84. The van der Waals surface area contributed by atoms with Crippen LogP contribution in [-0.4, -0.2) is 12.1 Å². The quantitative estimate of drug-likeness (QED) is 0.362. The zero-order valence-electron chi connectivity index (χ0n) is 8.53. The summed E-state index contributed by atoms with van der Waals surface area (Å²) in [4.78, 5) is 11.4. The number of hydrogen-bond donors (Lipinski definition) is 0. The molecule has 0 saturated heterocycles. The van der Waals surface area contributed by atoms with Crippen molar-refractivity contribution in [3.63, 3.8) is 0 Å². The number of nitrogens with zero attached hydrogens (tertiary/aromatic N) is 1. The number of rotatable bonds is 2. The first-order valence-electron chi connectivity index (χ1n) is 4.26. The second-order valence-electron chi connectivity index (χ2n) is 3.21. The van der Waals surface area contributed by atoms with Crippen LogP contribution in [0.5, 0.6) is 0 Å². The number of aryl methyl sites for hydroxylation is 1. The van der Waals surface area contributed by atoms with Crippen molar-refractivity contribution in [1.29, 1.82) is 0 Å². The predicted molar refractivity (Wildman–Crippen MR) is 48.2 cm³/mol. The Morgan fingerprint density at radius 1 is 1.50 bits per heavy atom. The van der Waals surface area contributed by atoms with Crippen LogP contribution in [0.3, 0.4) is 0 Å². The van der Waals surface area contributed by atoms with E-state index >= 15 is 0 Å². The molecule has 0 aromatic carbocycles. The number of ether oxygens (including phenoxy) is 1. The molecular weight excluding hydrogens is 293 g/mol. The maximum Gasteiger partial charge on any atom is 0.344 e. The molecule has 1 heterocycles. The van der Waals surface area contributed by atoms with Crippen LogP contribution >= 0.6 is 0 Å². The first-order valence-corrected chi connectivity index (χ1v) is 4.26. The van der Waals surface area contributed by atoms with E-state index < -0.39 is 0 Å². The van der Waals surface area contributed by atoms with Crippen LogP contribution in [0.2, 0.25) is 0 Å². The average Bonchev–Trinajstić information content (AvgIpc) is 2.03. The summed E-state index contributed by atoms with van der Waals surface area (Å²) in [5.74, 6) is -0.272. The molecule has 0 saturated carbocycles. The van der Waals surface area contributed by atoms with Gasteiger partial charge in [0, 0.05) is 6.07 Å². The lowest BCUT2D eigenvalue weighted by Gasteiger charge is -2.06. The van der Waals surface area contributed by atoms with Crippen molar-refractivity contribution in [3.05, 3.63) is 30.1 Å². The lowest BCUT2D eigenvalue weighted by atomic mass is 10.3. The van der Waals surface area contributed by atoms with E-state index in [1.165, 1.54) is 0 Å². The van der Waals surface area contributed by atoms with Gasteiger partial charge < -0.3 is 28.7 Å². The van der Waals surface area contributed by atoms with Crippen molar-refractivity contribution in [2.24, 2.45) is 7.05 Å². The van der Waals surface area contributed by atoms with Gasteiger partial charge in [-0.15, -0.1) is 0 Å². The molecule has 1 aromatic heterocycles. The monoisotopic (exact) mass is 307 g/mol. The molecule has 0 spiro atoms. The highest BCUT2D eigenvalue weighted by atomic mass is 127. The summed E-state index contributed by atoms with van der Waals surface area (Å²) in [6.45, 7) is 3.67. The number of hydrogen-bond acceptors (Lipinski definition) is 2. The van der Waals surface area contributed by atoms with Gasteiger partial charge in [0.05, 0.1) is 6.10 Å². The Balaban J connectivity index is 0.00000169. The minimum atomic E-state index is -0.272. The highest BCUT2D eigenvalue weighted by Gasteiger charge is 2.11. The molecule has 0 unspecified atom stereocenters. The summed E-state index contributed by atoms with van der Waals surface area (Å²) in [5.41, 5.74) is 0.582. The third-order valence-corrected chi connectivity index (χ3v) is 1.52. The number of pyridine rings is 1. The van der Waals surface area contributed by atoms with Crippen molar-refractivity contribution >= 4 is 5.97 Å². The van der Waals surface area contributed by atoms with E-state index in [1.54, 1.807) is 12.3 Å². The molecule has 14 heavy (non-hydrogen) atoms. The second kappa shape index (κ2) is 5.95. The summed E-state index contributed by atoms with van der Waals surface area (Å²) < 4.78 is 6.86. The number of carbonyl (C=O) groups excluding carboxylic acids is 1. The van der Waals surface area contributed by atoms with Gasteiger partial charge in [-0.2, -0.15) is 0 Å². The van der Waals surface area contributed by atoms with E-state index in [-0.39, 0.29) is 36.0 Å². The molecule has 0 aliphatic rings. The van der Waals surface area contributed by atoms with Crippen LogP contribution in [0.15, 0.2) is 24.5 Å². The fraction of sp³-hybridized carbons (Fsp3) is 0.400. The molecule has 0 amide bonds. The summed E-state index contributed by atoms with van der Waals surface area (Å²) in [6, 6.07) is 3.56. The van der Waals surface area contributed by atoms with E-state index in [0.29, 0.717) is 5.56 Å². The van der Waals surface area contributed by atoms with Crippen LogP contribution in [-0.2, 0) is 11.8 Å². The van der Waals surface area contributed by atoms with Crippen LogP contribution in [0.4, 0.5) is 0 Å². The van der Waals surface area contributed by atoms with E-state index in [4.69, 9.17) is 4.74 Å². The molecule has 0 fully saturated rings. The molecule has 4 heteroatoms. The molecule has 0 radical (unpaired) electrons. The van der Waals surface area contributed by atoms with Crippen LogP contribution in [0, 0.1) is 0 Å². The second-order valence-corrected chi connectivity index (χ2v) is 3.21. The topological polar surface area (TPSA) is 30.2 Å². The van der Waals surface area contributed by atoms with Crippen LogP contribution in [0.25, 0.3) is 0 Å². The molecule has 3 nitrogen and oxygen atoms in total. The van der Waals surface area contributed by atoms with Gasteiger partial charge in [-0.3, -0.25) is 0 Å². The van der Waals surface area contributed by atoms with Crippen LogP contribution < -0.4 is 28.5 Å². The first kappa shape index (κ1) is 13.4. The smallest absolute Gasteiger partial charge is 0.344 e. The minimum absolute atomic E-state index is 0. The molecule has 78 valence electrons. The number of esters is 1. The Labute approximate surface area is 101 Å². The highest BCUT2D eigenvalue weighted by molar-refractivity contribution is 5.88. The van der Waals surface area contributed by atoms with Gasteiger partial charge in [0.2, 0.25) is 0 Å². The Bertz CT molecular complexity index is 313. The zero-order valence-corrected chi connectivity index (χ0v) is 10.7. The molecule has 1 rings (SSSR count). The normalized spacial score (nSPS) is 9.43. The van der Waals surface area contributed by atoms with Gasteiger partial charge in [-0.05, 0) is 19.9 Å². The number of halogens is 1. The van der Waals surface area contributed by atoms with Gasteiger partial charge in [0.25, 0.3) is 0 Å². The Kier molecular flexibility index (Phi) is 5.68. The van der Waals surface area contributed by atoms with Crippen molar-refractivity contribution in [3.8, 4) is 0 Å². The maximum atomic E-state index is 11.4. The standard InChI is InChI=1S/C10H14NO2.HI/c1-8(2)13-10(12)9-5-4-6-11(3)7-9;/h4-8H,1-3H3;1H/q+1;/p-1. The third-order valence-electron chi connectivity index (χ3n) is 1.52. The lowest BCUT2D eigenvalue weighted by molar-refractivity contribution is -0.671. The lowest BCUT2D eigenvalue weighted by Crippen LogP contribution is -3.00. The fourth-order valence-corrected chi connectivity index (χ4v) is 0.991. The number of aromatic nitrogens is 1. The summed E-state index contributed by atoms with van der Waals surface area (Å²) in [7, 11) is 1.87. The van der Waals surface area contributed by atoms with Crippen LogP contribution in [0.1, 0.15) is 24.2 Å². The van der Waals surface area contributed by atoms with Crippen molar-refractivity contribution in [2.75, 3.05) is 0 Å². The average molecular weight is 307 g/mol. The summed E-state index contributed by atoms with van der Waals surface area (Å²) >= 11 is 0. The van der Waals surface area contributed by atoms with E-state index in [1.807, 2.05) is 37.7 Å². The van der Waals surface area contributed by atoms with Gasteiger partial charge in [-0.1, -0.05) is 0 Å². The van der Waals surface area contributed by atoms with Crippen molar-refractivity contribution in [1.82, 2.24) is 0 Å². The Morgan fingerprint density at radius 2 is 2.14 bits per heavy atom. The molecule has 0 N–H and O–H groups in total. The molecule has 1 aromatic rings. The molecular formula is C10H14INO2. The van der Waals surface area contributed by atoms with Gasteiger partial charge in [-0.25, -0.2) is 9.36 Å². The molecule has 0 bridgehead atoms. The van der Waals surface area contributed by atoms with Crippen molar-refractivity contribution in [2.45, 2.75) is 20.0 Å². The molecule has 0 aliphatic heterocycles. The third kappa shape index (κ3) is 4.04. The van der Waals surface area contributed by atoms with Gasteiger partial charge >= 0.3 is 5.97 Å². The minimum Gasteiger partial charge on any atom is -1.00 e. The van der Waals surface area contributed by atoms with Gasteiger partial charge in [0.1, 0.15) is 12.6 Å². The summed E-state index contributed by atoms with van der Waals surface area (Å²) in [6.07, 6.45) is 3.54. The molecule has 0 atom stereocenters. The Morgan fingerprint density at radius 3 is 2.64 bits per heavy atom. The van der Waals surface area contributed by atoms with Gasteiger partial charge in [0.15, 0.2) is 12.4 Å². The largest absolute Gasteiger partial charge is 1.00 e. The summed E-state index contributed by atoms with van der Waals surface area (Å²) in [5, 5.41) is 0. The maximum absolute atomic E-state index is 11.4. The van der Waals surface area contributed by atoms with Crippen molar-refractivity contribution < 1.29 is 38.1 Å². The van der Waals surface area contributed by atoms with E-state index in [9.17, 15) is 4.79 Å². The predicted octanol–water partition coefficient (Wildman–Crippen LogP) is -1.92. The molecule has 0 aliphatic carbocycles. The highest BCUT2D eigenvalue weighted by Crippen LogP contribution is 2.00. The SMILES string of the molecule is CC(C)OC(=O)c1ccc[n+](C)c1.[I-]. The number of carbonyl (C=O) groups is 1.